The number of hydrogen-bond donors (Lipinski definition) is 5. The quantitative estimate of drug-likeness (QED) is 0.254. The van der Waals surface area contributed by atoms with Crippen molar-refractivity contribution in [1.29, 1.82) is 0 Å². The van der Waals surface area contributed by atoms with E-state index >= 15 is 0 Å². The van der Waals surface area contributed by atoms with Crippen LogP contribution in [0.2, 0.25) is 0 Å². The van der Waals surface area contributed by atoms with Crippen LogP contribution >= 0.6 is 0 Å². The standard InChI is InChI=1S/C32H37N5O5/c38-28(31(41)34-17-19-6-2-1-3-7-19)24(14-22-12-13-33-29(22)39)30(40)36-27-16-23(20-10-11-20)18-37(27)32(42)26-15-21-8-4-5-9-25(21)35-26/h1-9,15,20,22-24,27-28,35,38H,10-14,16-18H2,(H,33,39)(H,34,41)(H,36,40)/t22-,23-,24+,27+,28?/m1/s1. The van der Waals surface area contributed by atoms with Gasteiger partial charge in [0.1, 0.15) is 18.0 Å². The molecule has 5 atom stereocenters. The van der Waals surface area contributed by atoms with Crippen molar-refractivity contribution in [1.82, 2.24) is 25.8 Å². The van der Waals surface area contributed by atoms with Crippen LogP contribution in [-0.2, 0) is 20.9 Å². The topological polar surface area (TPSA) is 144 Å². The van der Waals surface area contributed by atoms with Gasteiger partial charge in [0.15, 0.2) is 0 Å². The number of aliphatic hydroxyl groups excluding tert-OH is 1. The zero-order valence-corrected chi connectivity index (χ0v) is 23.4. The second-order valence-corrected chi connectivity index (χ2v) is 11.9. The van der Waals surface area contributed by atoms with Gasteiger partial charge in [0.25, 0.3) is 5.91 Å². The maximum absolute atomic E-state index is 13.8. The molecule has 3 aromatic rings. The number of aromatic amines is 1. The van der Waals surface area contributed by atoms with Gasteiger partial charge >= 0.3 is 0 Å². The van der Waals surface area contributed by atoms with Gasteiger partial charge in [0.05, 0.1) is 5.92 Å². The van der Waals surface area contributed by atoms with Crippen molar-refractivity contribution >= 4 is 34.5 Å². The molecule has 5 N–H and O–H groups in total. The van der Waals surface area contributed by atoms with Gasteiger partial charge in [-0.15, -0.1) is 0 Å². The second-order valence-electron chi connectivity index (χ2n) is 11.9. The molecule has 2 aromatic carbocycles. The molecule has 1 aromatic heterocycles. The van der Waals surface area contributed by atoms with E-state index in [-0.39, 0.29) is 30.7 Å². The van der Waals surface area contributed by atoms with Gasteiger partial charge in [-0.25, -0.2) is 0 Å². The first kappa shape index (κ1) is 28.0. The number of rotatable bonds is 10. The fourth-order valence-corrected chi connectivity index (χ4v) is 6.38. The van der Waals surface area contributed by atoms with Crippen molar-refractivity contribution in [3.8, 4) is 0 Å². The molecular formula is C32H37N5O5. The first-order valence-electron chi connectivity index (χ1n) is 14.8. The number of nitrogens with zero attached hydrogens (tertiary/aromatic N) is 1. The highest BCUT2D eigenvalue weighted by Gasteiger charge is 2.45. The molecule has 2 aliphatic heterocycles. The summed E-state index contributed by atoms with van der Waals surface area (Å²) in [5.74, 6) is -2.44. The Morgan fingerprint density at radius 2 is 1.74 bits per heavy atom. The van der Waals surface area contributed by atoms with E-state index in [9.17, 15) is 24.3 Å². The summed E-state index contributed by atoms with van der Waals surface area (Å²) >= 11 is 0. The summed E-state index contributed by atoms with van der Waals surface area (Å²) in [6, 6.07) is 18.8. The number of likely N-dealkylation sites (tertiary alicyclic amines) is 1. The molecule has 220 valence electrons. The van der Waals surface area contributed by atoms with Crippen LogP contribution < -0.4 is 16.0 Å². The normalized spacial score (nSPS) is 23.4. The molecule has 10 nitrogen and oxygen atoms in total. The Balaban J connectivity index is 1.19. The fraction of sp³-hybridized carbons (Fsp3) is 0.438. The molecule has 6 rings (SSSR count). The van der Waals surface area contributed by atoms with E-state index in [1.807, 2.05) is 60.7 Å². The van der Waals surface area contributed by atoms with Crippen LogP contribution in [-0.4, -0.2) is 64.0 Å². The van der Waals surface area contributed by atoms with Crippen LogP contribution in [0, 0.1) is 23.7 Å². The van der Waals surface area contributed by atoms with Crippen LogP contribution in [0.4, 0.5) is 0 Å². The molecular weight excluding hydrogens is 534 g/mol. The zero-order chi connectivity index (χ0) is 29.2. The summed E-state index contributed by atoms with van der Waals surface area (Å²) in [5, 5.41) is 20.6. The van der Waals surface area contributed by atoms with Crippen LogP contribution in [0.3, 0.4) is 0 Å². The van der Waals surface area contributed by atoms with E-state index < -0.39 is 35.9 Å². The van der Waals surface area contributed by atoms with E-state index in [1.165, 1.54) is 0 Å². The van der Waals surface area contributed by atoms with Crippen molar-refractivity contribution in [2.75, 3.05) is 13.1 Å². The molecule has 10 heteroatoms. The van der Waals surface area contributed by atoms with Gasteiger partial charge in [0, 0.05) is 36.5 Å². The fourth-order valence-electron chi connectivity index (χ4n) is 6.38. The molecule has 3 heterocycles. The average Bonchev–Trinajstić information content (AvgIpc) is 3.42. The largest absolute Gasteiger partial charge is 0.382 e. The Hall–Kier alpha value is -4.18. The Bertz CT molecular complexity index is 1440. The third-order valence-corrected chi connectivity index (χ3v) is 8.95. The number of carbonyl (C=O) groups is 4. The lowest BCUT2D eigenvalue weighted by atomic mass is 9.88. The van der Waals surface area contributed by atoms with E-state index in [0.717, 1.165) is 29.3 Å². The zero-order valence-electron chi connectivity index (χ0n) is 23.4. The molecule has 0 radical (unpaired) electrons. The number of fused-ring (bicyclic) bond motifs is 1. The van der Waals surface area contributed by atoms with E-state index in [2.05, 4.69) is 20.9 Å². The number of nitrogens with one attached hydrogen (secondary N) is 4. The molecule has 0 spiro atoms. The molecule has 4 amide bonds. The van der Waals surface area contributed by atoms with E-state index in [4.69, 9.17) is 0 Å². The van der Waals surface area contributed by atoms with Crippen LogP contribution in [0.1, 0.15) is 48.2 Å². The highest BCUT2D eigenvalue weighted by molar-refractivity contribution is 5.98. The van der Waals surface area contributed by atoms with Gasteiger partial charge in [-0.2, -0.15) is 0 Å². The summed E-state index contributed by atoms with van der Waals surface area (Å²) in [7, 11) is 0. The van der Waals surface area contributed by atoms with E-state index in [1.54, 1.807) is 4.90 Å². The Morgan fingerprint density at radius 3 is 2.45 bits per heavy atom. The van der Waals surface area contributed by atoms with Crippen LogP contribution in [0.25, 0.3) is 10.9 Å². The number of carbonyl (C=O) groups excluding carboxylic acids is 4. The maximum atomic E-state index is 13.8. The molecule has 1 aliphatic carbocycles. The molecule has 3 fully saturated rings. The lowest BCUT2D eigenvalue weighted by Gasteiger charge is -2.29. The molecule has 1 unspecified atom stereocenters. The number of amides is 4. The van der Waals surface area contributed by atoms with Gasteiger partial charge in [-0.05, 0) is 61.6 Å². The molecule has 1 saturated carbocycles. The minimum Gasteiger partial charge on any atom is -0.382 e. The Kier molecular flexibility index (Phi) is 7.97. The lowest BCUT2D eigenvalue weighted by Crippen LogP contribution is -2.52. The summed E-state index contributed by atoms with van der Waals surface area (Å²) in [5.41, 5.74) is 2.17. The number of para-hydroxylation sites is 1. The lowest BCUT2D eigenvalue weighted by molar-refractivity contribution is -0.142. The first-order chi connectivity index (χ1) is 20.4. The smallest absolute Gasteiger partial charge is 0.271 e. The predicted octanol–water partition coefficient (Wildman–Crippen LogP) is 2.30. The number of H-pyrrole nitrogens is 1. The molecule has 2 saturated heterocycles. The van der Waals surface area contributed by atoms with Crippen molar-refractivity contribution in [2.24, 2.45) is 23.7 Å². The highest BCUT2D eigenvalue weighted by atomic mass is 16.3. The predicted molar refractivity (Wildman–Crippen MR) is 156 cm³/mol. The Morgan fingerprint density at radius 1 is 0.976 bits per heavy atom. The van der Waals surface area contributed by atoms with Crippen molar-refractivity contribution < 1.29 is 24.3 Å². The number of aromatic nitrogens is 1. The average molecular weight is 572 g/mol. The summed E-state index contributed by atoms with van der Waals surface area (Å²) in [4.78, 5) is 57.9. The van der Waals surface area contributed by atoms with Crippen LogP contribution in [0.5, 0.6) is 0 Å². The summed E-state index contributed by atoms with van der Waals surface area (Å²) < 4.78 is 0. The summed E-state index contributed by atoms with van der Waals surface area (Å²) in [6.45, 7) is 1.22. The van der Waals surface area contributed by atoms with Crippen molar-refractivity contribution in [3.63, 3.8) is 0 Å². The number of hydrogen-bond acceptors (Lipinski definition) is 5. The third kappa shape index (κ3) is 6.04. The third-order valence-electron chi connectivity index (χ3n) is 8.95. The van der Waals surface area contributed by atoms with Crippen molar-refractivity contribution in [3.05, 3.63) is 71.9 Å². The van der Waals surface area contributed by atoms with Crippen molar-refractivity contribution in [2.45, 2.75) is 50.9 Å². The molecule has 42 heavy (non-hydrogen) atoms. The minimum absolute atomic E-state index is 0.0341. The van der Waals surface area contributed by atoms with Gasteiger partial charge in [-0.3, -0.25) is 19.2 Å². The number of benzene rings is 2. The monoisotopic (exact) mass is 571 g/mol. The minimum atomic E-state index is -1.65. The molecule has 3 aliphatic rings. The molecule has 0 bridgehead atoms. The SMILES string of the molecule is O=C(NCc1ccccc1)C(O)[C@H](C[C@H]1CCNC1=O)C(=O)N[C@@H]1C[C@@H](C2CC2)CN1C(=O)c1cc2ccccc2[nH]1. The first-order valence-corrected chi connectivity index (χ1v) is 14.8. The van der Waals surface area contributed by atoms with Gasteiger partial charge in [0.2, 0.25) is 17.7 Å². The van der Waals surface area contributed by atoms with Gasteiger partial charge in [-0.1, -0.05) is 48.5 Å². The summed E-state index contributed by atoms with van der Waals surface area (Å²) in [6.07, 6.45) is 1.15. The highest BCUT2D eigenvalue weighted by Crippen LogP contribution is 2.43. The Labute approximate surface area is 244 Å². The number of aliphatic hydroxyl groups is 1. The second kappa shape index (κ2) is 12.0. The van der Waals surface area contributed by atoms with E-state index in [0.29, 0.717) is 37.5 Å². The van der Waals surface area contributed by atoms with Gasteiger partial charge < -0.3 is 30.9 Å². The maximum Gasteiger partial charge on any atom is 0.271 e. The van der Waals surface area contributed by atoms with Crippen LogP contribution in [0.15, 0.2) is 60.7 Å².